The maximum absolute atomic E-state index is 12.6. The van der Waals surface area contributed by atoms with E-state index in [2.05, 4.69) is 17.5 Å². The van der Waals surface area contributed by atoms with Gasteiger partial charge in [-0.1, -0.05) is 30.5 Å². The van der Waals surface area contributed by atoms with Gasteiger partial charge in [-0.2, -0.15) is 0 Å². The summed E-state index contributed by atoms with van der Waals surface area (Å²) in [6.45, 7) is 0.573. The normalized spacial score (nSPS) is 10.1. The lowest BCUT2D eigenvalue weighted by Gasteiger charge is -1.99. The van der Waals surface area contributed by atoms with Crippen LogP contribution in [0.4, 0.5) is 4.39 Å². The first-order valence-corrected chi connectivity index (χ1v) is 3.87. The van der Waals surface area contributed by atoms with E-state index >= 15 is 0 Å². The molecule has 1 nitrogen and oxygen atoms in total. The van der Waals surface area contributed by atoms with Gasteiger partial charge in [0.05, 0.1) is 5.02 Å². The third kappa shape index (κ3) is 2.36. The average molecular weight is 192 g/mol. The Labute approximate surface area is 75.1 Å². The Morgan fingerprint density at radius 2 is 2.27 bits per heavy atom. The zero-order valence-electron chi connectivity index (χ0n) is 5.64. The highest BCUT2D eigenvalue weighted by Gasteiger charge is 1.98. The van der Waals surface area contributed by atoms with Crippen molar-refractivity contribution in [1.29, 1.82) is 0 Å². The van der Waals surface area contributed by atoms with E-state index < -0.39 is 5.82 Å². The van der Waals surface area contributed by atoms with Crippen molar-refractivity contribution >= 4 is 24.4 Å². The molecule has 0 heterocycles. The lowest BCUT2D eigenvalue weighted by Crippen LogP contribution is -1.98. The highest BCUT2D eigenvalue weighted by atomic mass is 35.5. The van der Waals surface area contributed by atoms with Crippen LogP contribution in [0, 0.1) is 5.82 Å². The first-order chi connectivity index (χ1) is 5.24. The van der Waals surface area contributed by atoms with Crippen molar-refractivity contribution in [3.05, 3.63) is 34.6 Å². The van der Waals surface area contributed by atoms with Crippen molar-refractivity contribution in [1.82, 2.24) is 4.72 Å². The summed E-state index contributed by atoms with van der Waals surface area (Å²) in [5.74, 6) is -0.394. The Morgan fingerprint density at radius 3 is 2.82 bits per heavy atom. The molecule has 0 aliphatic rings. The van der Waals surface area contributed by atoms with Crippen molar-refractivity contribution < 1.29 is 4.39 Å². The van der Waals surface area contributed by atoms with Crippen LogP contribution in [-0.4, -0.2) is 0 Å². The number of hydrogen-bond acceptors (Lipinski definition) is 2. The molecule has 1 N–H and O–H groups in total. The summed E-state index contributed by atoms with van der Waals surface area (Å²) in [5, 5.41) is 0.145. The summed E-state index contributed by atoms with van der Waals surface area (Å²) < 4.78 is 15.2. The molecule has 0 radical (unpaired) electrons. The van der Waals surface area contributed by atoms with Gasteiger partial charge in [-0.3, -0.25) is 4.72 Å². The monoisotopic (exact) mass is 191 g/mol. The number of rotatable bonds is 2. The molecule has 1 aromatic rings. The fourth-order valence-corrected chi connectivity index (χ4v) is 1.13. The molecule has 0 atom stereocenters. The Balaban J connectivity index is 2.86. The van der Waals surface area contributed by atoms with Crippen LogP contribution < -0.4 is 4.72 Å². The fraction of sp³-hybridized carbons (Fsp3) is 0.143. The van der Waals surface area contributed by atoms with Crippen LogP contribution in [0.2, 0.25) is 5.02 Å². The molecule has 0 unspecified atom stereocenters. The van der Waals surface area contributed by atoms with Crippen molar-refractivity contribution in [2.45, 2.75) is 6.54 Å². The summed E-state index contributed by atoms with van der Waals surface area (Å²) in [7, 11) is 0. The number of hydrogen-bond donors (Lipinski definition) is 2. The molecular formula is C7H7ClFNS. The quantitative estimate of drug-likeness (QED) is 0.685. The molecule has 60 valence electrons. The summed E-state index contributed by atoms with van der Waals surface area (Å²) in [5.41, 5.74) is 0.909. The first kappa shape index (κ1) is 8.84. The molecule has 0 aromatic heterocycles. The van der Waals surface area contributed by atoms with E-state index in [4.69, 9.17) is 11.6 Å². The average Bonchev–Trinajstić information content (AvgIpc) is 1.98. The van der Waals surface area contributed by atoms with Crippen LogP contribution in [-0.2, 0) is 6.54 Å². The number of nitrogens with one attached hydrogen (secondary N) is 1. The summed E-state index contributed by atoms with van der Waals surface area (Å²) >= 11 is 9.33. The van der Waals surface area contributed by atoms with Gasteiger partial charge >= 0.3 is 0 Å². The van der Waals surface area contributed by atoms with Gasteiger partial charge in [0.15, 0.2) is 0 Å². The molecule has 0 fully saturated rings. The van der Waals surface area contributed by atoms with Gasteiger partial charge in [0.2, 0.25) is 0 Å². The minimum atomic E-state index is -0.394. The summed E-state index contributed by atoms with van der Waals surface area (Å²) in [4.78, 5) is 0. The van der Waals surface area contributed by atoms with Crippen molar-refractivity contribution in [3.63, 3.8) is 0 Å². The maximum Gasteiger partial charge on any atom is 0.141 e. The molecule has 11 heavy (non-hydrogen) atoms. The third-order valence-electron chi connectivity index (χ3n) is 1.27. The zero-order chi connectivity index (χ0) is 8.27. The highest BCUT2D eigenvalue weighted by Crippen LogP contribution is 2.15. The molecule has 0 bridgehead atoms. The number of halogens is 2. The van der Waals surface area contributed by atoms with Gasteiger partial charge in [-0.05, 0) is 17.7 Å². The molecule has 0 saturated heterocycles. The first-order valence-electron chi connectivity index (χ1n) is 3.05. The molecule has 0 amide bonds. The van der Waals surface area contributed by atoms with E-state index in [1.165, 1.54) is 6.07 Å². The minimum Gasteiger partial charge on any atom is -0.262 e. The van der Waals surface area contributed by atoms with Gasteiger partial charge in [0.1, 0.15) is 5.82 Å². The molecular weight excluding hydrogens is 185 g/mol. The molecule has 0 spiro atoms. The molecule has 0 aliphatic heterocycles. The molecule has 0 aliphatic carbocycles. The second-order valence-corrected chi connectivity index (χ2v) is 2.81. The third-order valence-corrected chi connectivity index (χ3v) is 1.71. The van der Waals surface area contributed by atoms with Gasteiger partial charge < -0.3 is 0 Å². The van der Waals surface area contributed by atoms with E-state index in [1.54, 1.807) is 12.1 Å². The lowest BCUT2D eigenvalue weighted by atomic mass is 10.2. The van der Waals surface area contributed by atoms with Crippen molar-refractivity contribution in [2.24, 2.45) is 0 Å². The van der Waals surface area contributed by atoms with Crippen molar-refractivity contribution in [2.75, 3.05) is 0 Å². The standard InChI is InChI=1S/C7H7ClFNS/c8-6-3-5(4-10-11)1-2-7(6)9/h1-3,10-11H,4H2. The van der Waals surface area contributed by atoms with Gasteiger partial charge in [-0.25, -0.2) is 4.39 Å². The van der Waals surface area contributed by atoms with Crippen LogP contribution in [0.25, 0.3) is 0 Å². The zero-order valence-corrected chi connectivity index (χ0v) is 7.29. The van der Waals surface area contributed by atoms with Crippen molar-refractivity contribution in [3.8, 4) is 0 Å². The molecule has 4 heteroatoms. The van der Waals surface area contributed by atoms with E-state index in [9.17, 15) is 4.39 Å². The Bertz CT molecular complexity index is 254. The topological polar surface area (TPSA) is 12.0 Å². The Morgan fingerprint density at radius 1 is 1.55 bits per heavy atom. The SMILES string of the molecule is Fc1ccc(CNS)cc1Cl. The second kappa shape index (κ2) is 3.95. The Hall–Kier alpha value is -0.250. The summed E-state index contributed by atoms with van der Waals surface area (Å²) in [6, 6.07) is 4.56. The van der Waals surface area contributed by atoms with Gasteiger partial charge in [0.25, 0.3) is 0 Å². The molecule has 1 rings (SSSR count). The van der Waals surface area contributed by atoms with Crippen LogP contribution >= 0.6 is 24.4 Å². The number of thiol groups is 1. The largest absolute Gasteiger partial charge is 0.262 e. The van der Waals surface area contributed by atoms with Crippen LogP contribution in [0.3, 0.4) is 0 Å². The van der Waals surface area contributed by atoms with E-state index in [0.29, 0.717) is 6.54 Å². The van der Waals surface area contributed by atoms with E-state index in [-0.39, 0.29) is 5.02 Å². The predicted molar refractivity (Wildman–Crippen MR) is 47.2 cm³/mol. The maximum atomic E-state index is 12.6. The second-order valence-electron chi connectivity index (χ2n) is 2.08. The van der Waals surface area contributed by atoms with Crippen LogP contribution in [0.5, 0.6) is 0 Å². The fourth-order valence-electron chi connectivity index (χ4n) is 0.741. The highest BCUT2D eigenvalue weighted by molar-refractivity contribution is 7.78. The predicted octanol–water partition coefficient (Wildman–Crippen LogP) is 2.41. The minimum absolute atomic E-state index is 0.145. The molecule has 1 aromatic carbocycles. The van der Waals surface area contributed by atoms with E-state index in [0.717, 1.165) is 5.56 Å². The van der Waals surface area contributed by atoms with Gasteiger partial charge in [0, 0.05) is 6.54 Å². The lowest BCUT2D eigenvalue weighted by molar-refractivity contribution is 0.627. The Kier molecular flexibility index (Phi) is 3.17. The van der Waals surface area contributed by atoms with Crippen LogP contribution in [0.1, 0.15) is 5.56 Å². The molecule has 0 saturated carbocycles. The van der Waals surface area contributed by atoms with E-state index in [1.807, 2.05) is 0 Å². The van der Waals surface area contributed by atoms with Crippen LogP contribution in [0.15, 0.2) is 18.2 Å². The smallest absolute Gasteiger partial charge is 0.141 e. The van der Waals surface area contributed by atoms with Gasteiger partial charge in [-0.15, -0.1) is 0 Å². The summed E-state index contributed by atoms with van der Waals surface area (Å²) in [6.07, 6.45) is 0. The number of benzene rings is 1.